The second-order valence-electron chi connectivity index (χ2n) is 5.31. The highest BCUT2D eigenvalue weighted by Crippen LogP contribution is 2.25. The third-order valence-electron chi connectivity index (χ3n) is 3.78. The molecule has 0 bridgehead atoms. The zero-order chi connectivity index (χ0) is 17.2. The Morgan fingerprint density at radius 3 is 2.00 bits per heavy atom. The fraction of sp³-hybridized carbons (Fsp3) is 0.250. The fourth-order valence-electron chi connectivity index (χ4n) is 2.47. The van der Waals surface area contributed by atoms with Crippen molar-refractivity contribution in [2.75, 3.05) is 26.3 Å². The summed E-state index contributed by atoms with van der Waals surface area (Å²) in [5.41, 5.74) is 0. The third-order valence-corrected chi connectivity index (χ3v) is 7.44. The topological polar surface area (TPSA) is 80.8 Å². The van der Waals surface area contributed by atoms with E-state index in [1.165, 1.54) is 40.7 Å². The Hall–Kier alpha value is -1.74. The van der Waals surface area contributed by atoms with Crippen LogP contribution in [0.25, 0.3) is 0 Å². The molecule has 1 fully saturated rings. The number of sulfone groups is 1. The molecule has 0 N–H and O–H groups in total. The number of nitrogens with zero attached hydrogens (tertiary/aromatic N) is 1. The van der Waals surface area contributed by atoms with E-state index in [1.54, 1.807) is 18.2 Å². The highest BCUT2D eigenvalue weighted by Gasteiger charge is 2.28. The average molecular weight is 367 g/mol. The number of hydrogen-bond donors (Lipinski definition) is 0. The number of ether oxygens (including phenoxy) is 1. The van der Waals surface area contributed by atoms with Gasteiger partial charge < -0.3 is 4.74 Å². The Kier molecular flexibility index (Phi) is 4.73. The first kappa shape index (κ1) is 17.1. The second-order valence-corrected chi connectivity index (χ2v) is 9.20. The van der Waals surface area contributed by atoms with Gasteiger partial charge in [-0.1, -0.05) is 24.3 Å². The lowest BCUT2D eigenvalue weighted by Gasteiger charge is -2.26. The van der Waals surface area contributed by atoms with Gasteiger partial charge in [-0.15, -0.1) is 0 Å². The van der Waals surface area contributed by atoms with Crippen molar-refractivity contribution in [3.8, 4) is 0 Å². The summed E-state index contributed by atoms with van der Waals surface area (Å²) in [4.78, 5) is 0.0651. The molecule has 0 atom stereocenters. The maximum atomic E-state index is 12.7. The maximum Gasteiger partial charge on any atom is 0.243 e. The Morgan fingerprint density at radius 1 is 0.750 bits per heavy atom. The van der Waals surface area contributed by atoms with Crippen molar-refractivity contribution in [1.82, 2.24) is 4.31 Å². The van der Waals surface area contributed by atoms with Crippen LogP contribution < -0.4 is 0 Å². The average Bonchev–Trinajstić information content (AvgIpc) is 2.63. The zero-order valence-corrected chi connectivity index (χ0v) is 14.5. The largest absolute Gasteiger partial charge is 0.379 e. The minimum atomic E-state index is -3.76. The normalized spacial score (nSPS) is 16.8. The molecule has 0 unspecified atom stereocenters. The predicted octanol–water partition coefficient (Wildman–Crippen LogP) is 1.54. The first-order valence-electron chi connectivity index (χ1n) is 7.40. The number of morpholine rings is 1. The molecular formula is C16H17NO5S2. The molecule has 6 nitrogen and oxygen atoms in total. The Bertz CT molecular complexity index is 918. The van der Waals surface area contributed by atoms with Crippen LogP contribution in [0.1, 0.15) is 0 Å². The van der Waals surface area contributed by atoms with Gasteiger partial charge in [0.1, 0.15) is 0 Å². The summed E-state index contributed by atoms with van der Waals surface area (Å²) in [6, 6.07) is 13.4. The SMILES string of the molecule is O=S(=O)(c1ccccc1)c1cccc(S(=O)(=O)N2CCOCC2)c1. The Labute approximate surface area is 141 Å². The van der Waals surface area contributed by atoms with E-state index in [0.29, 0.717) is 13.2 Å². The van der Waals surface area contributed by atoms with Gasteiger partial charge in [0.2, 0.25) is 19.9 Å². The van der Waals surface area contributed by atoms with Crippen molar-refractivity contribution in [3.05, 3.63) is 54.6 Å². The van der Waals surface area contributed by atoms with E-state index in [0.717, 1.165) is 0 Å². The quantitative estimate of drug-likeness (QED) is 0.819. The van der Waals surface area contributed by atoms with Gasteiger partial charge in [-0.05, 0) is 30.3 Å². The molecule has 0 spiro atoms. The number of sulfonamides is 1. The highest BCUT2D eigenvalue weighted by molar-refractivity contribution is 7.91. The van der Waals surface area contributed by atoms with E-state index in [-0.39, 0.29) is 27.8 Å². The van der Waals surface area contributed by atoms with Crippen LogP contribution in [0.4, 0.5) is 0 Å². The van der Waals surface area contributed by atoms with Crippen LogP contribution in [0.2, 0.25) is 0 Å². The summed E-state index contributed by atoms with van der Waals surface area (Å²) in [5, 5.41) is 0. The summed E-state index contributed by atoms with van der Waals surface area (Å²) in [6.07, 6.45) is 0. The number of benzene rings is 2. The summed E-state index contributed by atoms with van der Waals surface area (Å²) >= 11 is 0. The molecule has 24 heavy (non-hydrogen) atoms. The highest BCUT2D eigenvalue weighted by atomic mass is 32.2. The first-order chi connectivity index (χ1) is 11.4. The number of hydrogen-bond acceptors (Lipinski definition) is 5. The molecular weight excluding hydrogens is 350 g/mol. The van der Waals surface area contributed by atoms with Crippen molar-refractivity contribution in [3.63, 3.8) is 0 Å². The van der Waals surface area contributed by atoms with E-state index in [2.05, 4.69) is 0 Å². The molecule has 0 aromatic heterocycles. The lowest BCUT2D eigenvalue weighted by Crippen LogP contribution is -2.40. The van der Waals surface area contributed by atoms with Crippen LogP contribution in [0.3, 0.4) is 0 Å². The summed E-state index contributed by atoms with van der Waals surface area (Å²) in [5.74, 6) is 0. The minimum absolute atomic E-state index is 0.0265. The molecule has 1 aliphatic rings. The van der Waals surface area contributed by atoms with Crippen molar-refractivity contribution in [1.29, 1.82) is 0 Å². The van der Waals surface area contributed by atoms with Crippen molar-refractivity contribution in [2.45, 2.75) is 14.7 Å². The van der Waals surface area contributed by atoms with Gasteiger partial charge in [-0.2, -0.15) is 4.31 Å². The molecule has 0 amide bonds. The molecule has 128 valence electrons. The van der Waals surface area contributed by atoms with Crippen LogP contribution in [0.15, 0.2) is 69.3 Å². The van der Waals surface area contributed by atoms with Gasteiger partial charge >= 0.3 is 0 Å². The monoisotopic (exact) mass is 367 g/mol. The van der Waals surface area contributed by atoms with Crippen LogP contribution >= 0.6 is 0 Å². The number of rotatable bonds is 4. The molecule has 2 aromatic carbocycles. The van der Waals surface area contributed by atoms with Crippen molar-refractivity contribution < 1.29 is 21.6 Å². The van der Waals surface area contributed by atoms with Gasteiger partial charge in [0, 0.05) is 13.1 Å². The summed E-state index contributed by atoms with van der Waals surface area (Å²) in [6.45, 7) is 1.19. The molecule has 2 aromatic rings. The van der Waals surface area contributed by atoms with Gasteiger partial charge in [0.25, 0.3) is 0 Å². The fourth-order valence-corrected chi connectivity index (χ4v) is 5.33. The van der Waals surface area contributed by atoms with Crippen LogP contribution in [-0.4, -0.2) is 47.4 Å². The van der Waals surface area contributed by atoms with E-state index in [1.807, 2.05) is 0 Å². The Balaban J connectivity index is 2.01. The molecule has 0 radical (unpaired) electrons. The first-order valence-corrected chi connectivity index (χ1v) is 10.3. The van der Waals surface area contributed by atoms with Crippen LogP contribution in [-0.2, 0) is 24.6 Å². The van der Waals surface area contributed by atoms with Crippen molar-refractivity contribution in [2.24, 2.45) is 0 Å². The van der Waals surface area contributed by atoms with Gasteiger partial charge in [-0.25, -0.2) is 16.8 Å². The molecule has 0 aliphatic carbocycles. The van der Waals surface area contributed by atoms with E-state index < -0.39 is 19.9 Å². The molecule has 1 aliphatic heterocycles. The minimum Gasteiger partial charge on any atom is -0.379 e. The summed E-state index contributed by atoms with van der Waals surface area (Å²) in [7, 11) is -7.50. The van der Waals surface area contributed by atoms with Gasteiger partial charge in [0.15, 0.2) is 0 Å². The zero-order valence-electron chi connectivity index (χ0n) is 12.8. The van der Waals surface area contributed by atoms with E-state index >= 15 is 0 Å². The van der Waals surface area contributed by atoms with Gasteiger partial charge in [0.05, 0.1) is 27.9 Å². The lowest BCUT2D eigenvalue weighted by molar-refractivity contribution is 0.0730. The second kappa shape index (κ2) is 6.64. The Morgan fingerprint density at radius 2 is 1.33 bits per heavy atom. The van der Waals surface area contributed by atoms with Crippen LogP contribution in [0, 0.1) is 0 Å². The molecule has 8 heteroatoms. The van der Waals surface area contributed by atoms with Crippen molar-refractivity contribution >= 4 is 19.9 Å². The standard InChI is InChI=1S/C16H17NO5S2/c18-23(19,14-5-2-1-3-6-14)15-7-4-8-16(13-15)24(20,21)17-9-11-22-12-10-17/h1-8,13H,9-12H2. The summed E-state index contributed by atoms with van der Waals surface area (Å²) < 4.78 is 57.2. The van der Waals surface area contributed by atoms with E-state index in [4.69, 9.17) is 4.74 Å². The maximum absolute atomic E-state index is 12.7. The molecule has 3 rings (SSSR count). The molecule has 0 saturated carbocycles. The smallest absolute Gasteiger partial charge is 0.243 e. The molecule has 1 saturated heterocycles. The van der Waals surface area contributed by atoms with Gasteiger partial charge in [-0.3, -0.25) is 0 Å². The molecule has 1 heterocycles. The van der Waals surface area contributed by atoms with E-state index in [9.17, 15) is 16.8 Å². The van der Waals surface area contributed by atoms with Crippen LogP contribution in [0.5, 0.6) is 0 Å². The lowest BCUT2D eigenvalue weighted by atomic mass is 10.4. The third kappa shape index (κ3) is 3.23. The predicted molar refractivity (Wildman–Crippen MR) is 87.9 cm³/mol.